The van der Waals surface area contributed by atoms with E-state index in [0.29, 0.717) is 24.2 Å². The van der Waals surface area contributed by atoms with Crippen molar-refractivity contribution in [2.24, 2.45) is 5.41 Å². The number of hydrogen-bond donors (Lipinski definition) is 2. The Balaban J connectivity index is 1.67. The third-order valence-corrected chi connectivity index (χ3v) is 6.12. The lowest BCUT2D eigenvalue weighted by Crippen LogP contribution is -2.40. The Labute approximate surface area is 193 Å². The molecule has 1 aliphatic rings. The molecule has 4 nitrogen and oxygen atoms in total. The second kappa shape index (κ2) is 10.1. The Kier molecular flexibility index (Phi) is 7.60. The van der Waals surface area contributed by atoms with Crippen molar-refractivity contribution in [2.45, 2.75) is 71.1 Å². The van der Waals surface area contributed by atoms with Gasteiger partial charge in [-0.25, -0.2) is 0 Å². The highest BCUT2D eigenvalue weighted by Gasteiger charge is 2.40. The first-order valence-electron chi connectivity index (χ1n) is 11.4. The van der Waals surface area contributed by atoms with Gasteiger partial charge in [0, 0.05) is 24.1 Å². The lowest BCUT2D eigenvalue weighted by molar-refractivity contribution is -0.173. The van der Waals surface area contributed by atoms with Gasteiger partial charge in [-0.2, -0.15) is 13.2 Å². The second-order valence-corrected chi connectivity index (χ2v) is 9.77. The summed E-state index contributed by atoms with van der Waals surface area (Å²) >= 11 is 0. The minimum atomic E-state index is -4.93. The van der Waals surface area contributed by atoms with E-state index in [2.05, 4.69) is 12.1 Å². The van der Waals surface area contributed by atoms with Crippen LogP contribution in [0, 0.1) is 5.41 Å². The van der Waals surface area contributed by atoms with Crippen molar-refractivity contribution in [1.29, 1.82) is 0 Å². The zero-order chi connectivity index (χ0) is 24.2. The van der Waals surface area contributed by atoms with E-state index in [1.807, 2.05) is 50.4 Å². The van der Waals surface area contributed by atoms with Gasteiger partial charge in [-0.1, -0.05) is 44.2 Å². The molecule has 2 N–H and O–H groups in total. The van der Waals surface area contributed by atoms with Gasteiger partial charge in [0.15, 0.2) is 0 Å². The Morgan fingerprint density at radius 3 is 2.61 bits per heavy atom. The van der Waals surface area contributed by atoms with Crippen LogP contribution in [0.4, 0.5) is 13.2 Å². The smallest absolute Gasteiger partial charge is 0.471 e. The van der Waals surface area contributed by atoms with E-state index in [4.69, 9.17) is 4.74 Å². The Morgan fingerprint density at radius 1 is 1.24 bits per heavy atom. The Bertz CT molecular complexity index is 957. The number of carbonyl (C=O) groups is 1. The highest BCUT2D eigenvalue weighted by atomic mass is 19.4. The molecular weight excluding hydrogens is 431 g/mol. The number of halogens is 3. The molecular formula is C26H32F3NO3. The van der Waals surface area contributed by atoms with Crippen molar-refractivity contribution in [3.63, 3.8) is 0 Å². The SMILES string of the molecule is CC(CCCc1ccccc1)Oc1cc(O)c2c(c1)CC(C)(C)CC2CNC(=O)C(F)(F)F. The van der Waals surface area contributed by atoms with E-state index in [1.54, 1.807) is 0 Å². The second-order valence-electron chi connectivity index (χ2n) is 9.77. The van der Waals surface area contributed by atoms with E-state index in [0.717, 1.165) is 24.8 Å². The number of hydrogen-bond acceptors (Lipinski definition) is 3. The van der Waals surface area contributed by atoms with Crippen molar-refractivity contribution in [2.75, 3.05) is 6.54 Å². The van der Waals surface area contributed by atoms with Crippen molar-refractivity contribution < 1.29 is 27.8 Å². The molecule has 2 unspecified atom stereocenters. The van der Waals surface area contributed by atoms with E-state index in [9.17, 15) is 23.1 Å². The number of phenolic OH excluding ortho intramolecular Hbond substituents is 1. The fourth-order valence-corrected chi connectivity index (χ4v) is 4.73. The molecule has 1 aliphatic carbocycles. The van der Waals surface area contributed by atoms with Crippen LogP contribution in [0.3, 0.4) is 0 Å². The third-order valence-electron chi connectivity index (χ3n) is 6.12. The Morgan fingerprint density at radius 2 is 1.94 bits per heavy atom. The number of nitrogens with one attached hydrogen (secondary N) is 1. The number of rotatable bonds is 8. The van der Waals surface area contributed by atoms with Crippen molar-refractivity contribution in [1.82, 2.24) is 5.32 Å². The van der Waals surface area contributed by atoms with E-state index in [-0.39, 0.29) is 23.8 Å². The summed E-state index contributed by atoms with van der Waals surface area (Å²) in [6.45, 7) is 5.87. The number of amides is 1. The number of fused-ring (bicyclic) bond motifs is 1. The number of benzene rings is 2. The minimum absolute atomic E-state index is 0.000688. The molecule has 33 heavy (non-hydrogen) atoms. The van der Waals surface area contributed by atoms with Crippen LogP contribution in [0.1, 0.15) is 62.6 Å². The highest BCUT2D eigenvalue weighted by molar-refractivity contribution is 5.81. The van der Waals surface area contributed by atoms with Gasteiger partial charge in [0.2, 0.25) is 0 Å². The zero-order valence-corrected chi connectivity index (χ0v) is 19.3. The molecule has 0 saturated carbocycles. The number of phenols is 1. The first-order chi connectivity index (χ1) is 15.4. The van der Waals surface area contributed by atoms with E-state index in [1.165, 1.54) is 11.6 Å². The molecule has 2 aromatic rings. The van der Waals surface area contributed by atoms with Gasteiger partial charge in [0.25, 0.3) is 0 Å². The maximum absolute atomic E-state index is 12.6. The van der Waals surface area contributed by atoms with Crippen LogP contribution in [0.5, 0.6) is 11.5 Å². The van der Waals surface area contributed by atoms with Crippen LogP contribution >= 0.6 is 0 Å². The fourth-order valence-electron chi connectivity index (χ4n) is 4.73. The maximum atomic E-state index is 12.6. The number of ether oxygens (including phenoxy) is 1. The molecule has 0 aromatic heterocycles. The fraction of sp³-hybridized carbons (Fsp3) is 0.500. The van der Waals surface area contributed by atoms with Crippen LogP contribution in [-0.4, -0.2) is 29.8 Å². The van der Waals surface area contributed by atoms with Crippen LogP contribution in [-0.2, 0) is 17.6 Å². The normalized spacial score (nSPS) is 18.3. The average Bonchev–Trinajstić information content (AvgIpc) is 2.70. The third kappa shape index (κ3) is 6.89. The summed E-state index contributed by atoms with van der Waals surface area (Å²) in [5, 5.41) is 12.7. The van der Waals surface area contributed by atoms with Gasteiger partial charge in [0.05, 0.1) is 6.10 Å². The number of aromatic hydroxyl groups is 1. The monoisotopic (exact) mass is 463 g/mol. The minimum Gasteiger partial charge on any atom is -0.508 e. The number of alkyl halides is 3. The molecule has 7 heteroatoms. The van der Waals surface area contributed by atoms with Crippen molar-refractivity contribution in [3.8, 4) is 11.5 Å². The average molecular weight is 464 g/mol. The summed E-state index contributed by atoms with van der Waals surface area (Å²) in [5.41, 5.74) is 2.54. The molecule has 0 fully saturated rings. The molecule has 0 aliphatic heterocycles. The maximum Gasteiger partial charge on any atom is 0.471 e. The van der Waals surface area contributed by atoms with Gasteiger partial charge in [-0.15, -0.1) is 0 Å². The summed E-state index contributed by atoms with van der Waals surface area (Å²) in [7, 11) is 0. The van der Waals surface area contributed by atoms with Crippen molar-refractivity contribution in [3.05, 3.63) is 59.2 Å². The van der Waals surface area contributed by atoms with Crippen LogP contribution in [0.2, 0.25) is 0 Å². The molecule has 180 valence electrons. The summed E-state index contributed by atoms with van der Waals surface area (Å²) in [6, 6.07) is 13.6. The lowest BCUT2D eigenvalue weighted by atomic mass is 9.69. The number of carbonyl (C=O) groups excluding carboxylic acids is 1. The molecule has 0 saturated heterocycles. The summed E-state index contributed by atoms with van der Waals surface area (Å²) < 4.78 is 43.9. The van der Waals surface area contributed by atoms with Gasteiger partial charge >= 0.3 is 12.1 Å². The number of aryl methyl sites for hydroxylation is 1. The van der Waals surface area contributed by atoms with Crippen LogP contribution < -0.4 is 10.1 Å². The molecule has 2 atom stereocenters. The molecule has 2 aromatic carbocycles. The first kappa shape index (κ1) is 24.9. The van der Waals surface area contributed by atoms with Crippen molar-refractivity contribution >= 4 is 5.91 Å². The largest absolute Gasteiger partial charge is 0.508 e. The predicted molar refractivity (Wildman–Crippen MR) is 121 cm³/mol. The predicted octanol–water partition coefficient (Wildman–Crippen LogP) is 5.92. The Hall–Kier alpha value is -2.70. The van der Waals surface area contributed by atoms with E-state index < -0.39 is 18.0 Å². The zero-order valence-electron chi connectivity index (χ0n) is 19.3. The summed E-state index contributed by atoms with van der Waals surface area (Å²) in [5.74, 6) is -1.82. The summed E-state index contributed by atoms with van der Waals surface area (Å²) in [6.07, 6.45) is -0.974. The van der Waals surface area contributed by atoms with Gasteiger partial charge in [0.1, 0.15) is 11.5 Å². The van der Waals surface area contributed by atoms with Gasteiger partial charge in [-0.3, -0.25) is 4.79 Å². The molecule has 1 amide bonds. The van der Waals surface area contributed by atoms with E-state index >= 15 is 0 Å². The lowest BCUT2D eigenvalue weighted by Gasteiger charge is -2.38. The summed E-state index contributed by atoms with van der Waals surface area (Å²) in [4.78, 5) is 11.3. The molecule has 0 bridgehead atoms. The molecule has 3 rings (SSSR count). The first-order valence-corrected chi connectivity index (χ1v) is 11.4. The standard InChI is InChI=1S/C26H32F3NO3/c1-17(8-7-11-18-9-5-4-6-10-18)33-21-12-19-14-25(2,3)15-20(23(19)22(31)13-21)16-30-24(32)26(27,28)29/h4-6,9-10,12-13,17,20,31H,7-8,11,14-16H2,1-3H3,(H,30,32). The van der Waals surface area contributed by atoms with Gasteiger partial charge in [-0.05, 0) is 61.6 Å². The molecule has 0 spiro atoms. The van der Waals surface area contributed by atoms with Crippen LogP contribution in [0.25, 0.3) is 0 Å². The quantitative estimate of drug-likeness (QED) is 0.511. The van der Waals surface area contributed by atoms with Crippen LogP contribution in [0.15, 0.2) is 42.5 Å². The highest BCUT2D eigenvalue weighted by Crippen LogP contribution is 2.46. The molecule has 0 radical (unpaired) electrons. The topological polar surface area (TPSA) is 58.6 Å². The molecule has 0 heterocycles. The van der Waals surface area contributed by atoms with Gasteiger partial charge < -0.3 is 15.2 Å².